The predicted octanol–water partition coefficient (Wildman–Crippen LogP) is 2.27. The quantitative estimate of drug-likeness (QED) is 0.705. The Balaban J connectivity index is 0.00000264. The zero-order valence-corrected chi connectivity index (χ0v) is 14.5. The van der Waals surface area contributed by atoms with Gasteiger partial charge in [-0.15, -0.1) is 12.4 Å². The molecule has 0 spiro atoms. The van der Waals surface area contributed by atoms with Crippen LogP contribution in [0, 0.1) is 0 Å². The van der Waals surface area contributed by atoms with Crippen LogP contribution >= 0.6 is 24.0 Å². The average molecular weight is 360 g/mol. The molecule has 0 heterocycles. The number of hydrogen-bond acceptors (Lipinski definition) is 3. The molecule has 128 valence electrons. The van der Waals surface area contributed by atoms with Crippen LogP contribution in [0.2, 0.25) is 5.02 Å². The van der Waals surface area contributed by atoms with Gasteiger partial charge in [0.15, 0.2) is 0 Å². The third kappa shape index (κ3) is 5.68. The Labute approximate surface area is 147 Å². The fourth-order valence-electron chi connectivity index (χ4n) is 2.64. The summed E-state index contributed by atoms with van der Waals surface area (Å²) in [7, 11) is 0. The van der Waals surface area contributed by atoms with Crippen LogP contribution in [0.15, 0.2) is 24.3 Å². The number of halogens is 2. The summed E-state index contributed by atoms with van der Waals surface area (Å²) in [6, 6.07) is 6.65. The predicted molar refractivity (Wildman–Crippen MR) is 94.0 cm³/mol. The maximum absolute atomic E-state index is 12.1. The van der Waals surface area contributed by atoms with Crippen molar-refractivity contribution in [2.75, 3.05) is 13.1 Å². The Bertz CT molecular complexity index is 529. The summed E-state index contributed by atoms with van der Waals surface area (Å²) in [5.74, 6) is -0.306. The second kappa shape index (κ2) is 9.11. The number of nitrogens with one attached hydrogen (secondary N) is 2. The molecule has 0 atom stereocenters. The topological polar surface area (TPSA) is 84.2 Å². The highest BCUT2D eigenvalue weighted by Crippen LogP contribution is 2.25. The first-order chi connectivity index (χ1) is 10.5. The Morgan fingerprint density at radius 2 is 1.61 bits per heavy atom. The molecule has 0 unspecified atom stereocenters. The van der Waals surface area contributed by atoms with Gasteiger partial charge in [-0.2, -0.15) is 0 Å². The molecular formula is C16H23Cl2N3O2. The standard InChI is InChI=1S/C16H22ClN3O2.ClH/c17-13-6-4-12(5-7-13)14(21)19-10-11-20-15(22)16(18)8-2-1-3-9-16;/h4-7H,1-3,8-11,18H2,(H,19,21)(H,20,22);1H. The molecule has 1 aromatic rings. The van der Waals surface area contributed by atoms with Crippen molar-refractivity contribution in [3.63, 3.8) is 0 Å². The summed E-state index contributed by atoms with van der Waals surface area (Å²) in [5, 5.41) is 6.15. The molecule has 1 aromatic carbocycles. The minimum absolute atomic E-state index is 0. The van der Waals surface area contributed by atoms with E-state index in [-0.39, 0.29) is 24.2 Å². The third-order valence-corrected chi connectivity index (χ3v) is 4.25. The summed E-state index contributed by atoms with van der Waals surface area (Å²) in [6.07, 6.45) is 4.60. The van der Waals surface area contributed by atoms with E-state index in [0.29, 0.717) is 23.7 Å². The van der Waals surface area contributed by atoms with Gasteiger partial charge in [-0.05, 0) is 37.1 Å². The molecule has 1 fully saturated rings. The van der Waals surface area contributed by atoms with Gasteiger partial charge in [0.25, 0.3) is 5.91 Å². The van der Waals surface area contributed by atoms with Crippen molar-refractivity contribution in [1.82, 2.24) is 10.6 Å². The molecular weight excluding hydrogens is 337 g/mol. The lowest BCUT2D eigenvalue weighted by Crippen LogP contribution is -2.55. The Hall–Kier alpha value is -1.30. The molecule has 5 nitrogen and oxygen atoms in total. The van der Waals surface area contributed by atoms with E-state index in [1.165, 1.54) is 0 Å². The number of rotatable bonds is 5. The van der Waals surface area contributed by atoms with E-state index in [2.05, 4.69) is 10.6 Å². The normalized spacial score (nSPS) is 16.1. The first-order valence-electron chi connectivity index (χ1n) is 7.62. The van der Waals surface area contributed by atoms with Gasteiger partial charge >= 0.3 is 0 Å². The van der Waals surface area contributed by atoms with Crippen LogP contribution in [-0.4, -0.2) is 30.4 Å². The first-order valence-corrected chi connectivity index (χ1v) is 8.00. The van der Waals surface area contributed by atoms with Gasteiger partial charge in [-0.3, -0.25) is 9.59 Å². The lowest BCUT2D eigenvalue weighted by atomic mass is 9.82. The first kappa shape index (κ1) is 19.7. The smallest absolute Gasteiger partial charge is 0.251 e. The number of amides is 2. The van der Waals surface area contributed by atoms with Crippen LogP contribution in [0.5, 0.6) is 0 Å². The molecule has 0 saturated heterocycles. The summed E-state index contributed by atoms with van der Waals surface area (Å²) in [5.41, 5.74) is 5.94. The van der Waals surface area contributed by atoms with Crippen molar-refractivity contribution in [3.8, 4) is 0 Å². The maximum atomic E-state index is 12.1. The average Bonchev–Trinajstić information content (AvgIpc) is 2.52. The molecule has 4 N–H and O–H groups in total. The van der Waals surface area contributed by atoms with Crippen molar-refractivity contribution in [1.29, 1.82) is 0 Å². The molecule has 1 aliphatic rings. The highest BCUT2D eigenvalue weighted by Gasteiger charge is 2.34. The Morgan fingerprint density at radius 1 is 1.04 bits per heavy atom. The number of benzene rings is 1. The van der Waals surface area contributed by atoms with Crippen molar-refractivity contribution in [3.05, 3.63) is 34.9 Å². The fraction of sp³-hybridized carbons (Fsp3) is 0.500. The van der Waals surface area contributed by atoms with Gasteiger partial charge in [0, 0.05) is 23.7 Å². The van der Waals surface area contributed by atoms with Crippen LogP contribution in [0.4, 0.5) is 0 Å². The summed E-state index contributed by atoms with van der Waals surface area (Å²) >= 11 is 5.77. The molecule has 0 bridgehead atoms. The van der Waals surface area contributed by atoms with Crippen molar-refractivity contribution in [2.45, 2.75) is 37.6 Å². The van der Waals surface area contributed by atoms with Gasteiger partial charge in [0.1, 0.15) is 0 Å². The molecule has 23 heavy (non-hydrogen) atoms. The van der Waals surface area contributed by atoms with Gasteiger partial charge in [-0.1, -0.05) is 30.9 Å². The van der Waals surface area contributed by atoms with Gasteiger partial charge in [-0.25, -0.2) is 0 Å². The number of carbonyl (C=O) groups excluding carboxylic acids is 2. The lowest BCUT2D eigenvalue weighted by molar-refractivity contribution is -0.127. The molecule has 2 rings (SSSR count). The van der Waals surface area contributed by atoms with Crippen LogP contribution in [0.3, 0.4) is 0 Å². The monoisotopic (exact) mass is 359 g/mol. The van der Waals surface area contributed by atoms with E-state index < -0.39 is 5.54 Å². The second-order valence-corrected chi connectivity index (χ2v) is 6.17. The summed E-state index contributed by atoms with van der Waals surface area (Å²) in [6.45, 7) is 0.737. The van der Waals surface area contributed by atoms with Gasteiger partial charge in [0.2, 0.25) is 5.91 Å². The minimum atomic E-state index is -0.738. The maximum Gasteiger partial charge on any atom is 0.251 e. The van der Waals surface area contributed by atoms with Gasteiger partial charge in [0.05, 0.1) is 5.54 Å². The molecule has 1 aliphatic carbocycles. The van der Waals surface area contributed by atoms with E-state index in [4.69, 9.17) is 17.3 Å². The summed E-state index contributed by atoms with van der Waals surface area (Å²) < 4.78 is 0. The largest absolute Gasteiger partial charge is 0.353 e. The van der Waals surface area contributed by atoms with Crippen LogP contribution in [-0.2, 0) is 4.79 Å². The number of hydrogen-bond donors (Lipinski definition) is 3. The number of carbonyl (C=O) groups is 2. The zero-order chi connectivity index (χ0) is 16.0. The Morgan fingerprint density at radius 3 is 2.22 bits per heavy atom. The number of nitrogens with two attached hydrogens (primary N) is 1. The minimum Gasteiger partial charge on any atom is -0.353 e. The highest BCUT2D eigenvalue weighted by molar-refractivity contribution is 6.30. The van der Waals surface area contributed by atoms with Crippen LogP contribution in [0.25, 0.3) is 0 Å². The molecule has 2 amide bonds. The van der Waals surface area contributed by atoms with Crippen molar-refractivity contribution in [2.24, 2.45) is 5.73 Å². The second-order valence-electron chi connectivity index (χ2n) is 5.74. The summed E-state index contributed by atoms with van der Waals surface area (Å²) in [4.78, 5) is 24.0. The van der Waals surface area contributed by atoms with Gasteiger partial charge < -0.3 is 16.4 Å². The van der Waals surface area contributed by atoms with Crippen LogP contribution in [0.1, 0.15) is 42.5 Å². The van der Waals surface area contributed by atoms with E-state index in [9.17, 15) is 9.59 Å². The molecule has 1 saturated carbocycles. The third-order valence-electron chi connectivity index (χ3n) is 4.00. The van der Waals surface area contributed by atoms with E-state index in [1.807, 2.05) is 0 Å². The highest BCUT2D eigenvalue weighted by atomic mass is 35.5. The lowest BCUT2D eigenvalue weighted by Gasteiger charge is -2.31. The van der Waals surface area contributed by atoms with Crippen LogP contribution < -0.4 is 16.4 Å². The molecule has 0 aliphatic heterocycles. The SMILES string of the molecule is Cl.NC1(C(=O)NCCNC(=O)c2ccc(Cl)cc2)CCCCC1. The fourth-order valence-corrected chi connectivity index (χ4v) is 2.77. The molecule has 0 radical (unpaired) electrons. The molecule has 7 heteroatoms. The zero-order valence-electron chi connectivity index (χ0n) is 12.9. The Kier molecular flexibility index (Phi) is 7.82. The molecule has 0 aromatic heterocycles. The van der Waals surface area contributed by atoms with E-state index in [1.54, 1.807) is 24.3 Å². The van der Waals surface area contributed by atoms with E-state index in [0.717, 1.165) is 32.1 Å². The van der Waals surface area contributed by atoms with Crippen molar-refractivity contribution < 1.29 is 9.59 Å². The van der Waals surface area contributed by atoms with Crippen molar-refractivity contribution >= 4 is 35.8 Å². The van der Waals surface area contributed by atoms with E-state index >= 15 is 0 Å².